The van der Waals surface area contributed by atoms with Gasteiger partial charge >= 0.3 is 13.3 Å². The van der Waals surface area contributed by atoms with Crippen molar-refractivity contribution in [2.75, 3.05) is 12.0 Å². The van der Waals surface area contributed by atoms with Crippen LogP contribution in [0.3, 0.4) is 0 Å². The third-order valence-electron chi connectivity index (χ3n) is 4.87. The number of phenols is 1. The van der Waals surface area contributed by atoms with Gasteiger partial charge in [0, 0.05) is 17.6 Å². The van der Waals surface area contributed by atoms with Gasteiger partial charge < -0.3 is 34.1 Å². The lowest BCUT2D eigenvalue weighted by atomic mass is 10.1. The maximum Gasteiger partial charge on any atom is 0.399 e. The molecule has 0 aliphatic rings. The Bertz CT molecular complexity index is 1190. The van der Waals surface area contributed by atoms with Crippen molar-refractivity contribution in [1.82, 2.24) is 0 Å². The number of benzene rings is 3. The number of halogens is 3. The maximum atomic E-state index is 14.1. The topological polar surface area (TPSA) is 124 Å². The predicted octanol–water partition coefficient (Wildman–Crippen LogP) is 5.23. The summed E-state index contributed by atoms with van der Waals surface area (Å²) >= 11 is 3.52. The molecule has 0 bridgehead atoms. The number of hydrogen-bond acceptors (Lipinski definition) is 6. The number of carbonyl (C=O) groups is 2. The van der Waals surface area contributed by atoms with Crippen LogP contribution >= 0.6 is 23.5 Å². The number of alkyl halides is 2. The van der Waals surface area contributed by atoms with E-state index >= 15 is 0 Å². The first-order valence-corrected chi connectivity index (χ1v) is 12.4. The molecule has 0 atom stereocenters. The Labute approximate surface area is 215 Å². The second kappa shape index (κ2) is 13.8. The van der Waals surface area contributed by atoms with Gasteiger partial charge in [0.2, 0.25) is 0 Å². The predicted molar refractivity (Wildman–Crippen MR) is 135 cm³/mol. The normalized spacial score (nSPS) is 10.8. The minimum Gasteiger partial charge on any atom is -0.507 e. The second-order valence-electron chi connectivity index (χ2n) is 7.06. The standard InChI is InChI=1S/C22H21BrF2NO5P.2CH2O/c1-31-21-9-5-4-8-19(21)26(14-16-6-2-3-7-18(16)23)13-15-10-11-17(20(27)12-15)22(24,25)32(28,29)30;2*1-2/h2-12,27H,13-14H2,1H3,(H2,28,29,30);2*1H2. The smallest absolute Gasteiger partial charge is 0.399 e. The average molecular weight is 588 g/mol. The Hall–Kier alpha value is -3.11. The molecule has 0 unspecified atom stereocenters. The molecule has 0 radical (unpaired) electrons. The third-order valence-corrected chi connectivity index (χ3v) is 6.62. The van der Waals surface area contributed by atoms with Gasteiger partial charge in [-0.15, -0.1) is 0 Å². The van der Waals surface area contributed by atoms with Gasteiger partial charge in [-0.3, -0.25) is 4.57 Å². The largest absolute Gasteiger partial charge is 0.507 e. The quantitative estimate of drug-likeness (QED) is 0.306. The first-order chi connectivity index (χ1) is 17.0. The van der Waals surface area contributed by atoms with Gasteiger partial charge in [-0.1, -0.05) is 52.3 Å². The maximum absolute atomic E-state index is 14.1. The molecule has 0 saturated heterocycles. The number of ether oxygens (including phenoxy) is 1. The van der Waals surface area contributed by atoms with Crippen molar-refractivity contribution in [2.45, 2.75) is 18.8 Å². The van der Waals surface area contributed by atoms with Crippen LogP contribution in [0.1, 0.15) is 16.7 Å². The van der Waals surface area contributed by atoms with E-state index in [-0.39, 0.29) is 6.54 Å². The number of methoxy groups -OCH3 is 1. The molecule has 8 nitrogen and oxygen atoms in total. The average Bonchev–Trinajstić information content (AvgIpc) is 2.86. The van der Waals surface area contributed by atoms with E-state index < -0.39 is 24.6 Å². The zero-order chi connectivity index (χ0) is 27.5. The fourth-order valence-corrected chi connectivity index (χ4v) is 4.17. The summed E-state index contributed by atoms with van der Waals surface area (Å²) in [5.41, 5.74) is -3.44. The van der Waals surface area contributed by atoms with Crippen LogP contribution in [0.15, 0.2) is 71.2 Å². The number of phenolic OH excluding ortho intramolecular Hbond substituents is 1. The molecule has 0 fully saturated rings. The van der Waals surface area contributed by atoms with Gasteiger partial charge in [0.1, 0.15) is 25.1 Å². The summed E-state index contributed by atoms with van der Waals surface area (Å²) in [6.45, 7) is 4.64. The Kier molecular flexibility index (Phi) is 11.9. The summed E-state index contributed by atoms with van der Waals surface area (Å²) in [7, 11) is -4.25. The van der Waals surface area contributed by atoms with E-state index in [4.69, 9.17) is 24.1 Å². The Morgan fingerprint density at radius 3 is 2.11 bits per heavy atom. The van der Waals surface area contributed by atoms with Crippen LogP contribution in [0.4, 0.5) is 14.5 Å². The summed E-state index contributed by atoms with van der Waals surface area (Å²) in [6.07, 6.45) is 0. The van der Waals surface area contributed by atoms with E-state index in [0.29, 0.717) is 17.9 Å². The van der Waals surface area contributed by atoms with E-state index in [0.717, 1.165) is 27.9 Å². The molecular weight excluding hydrogens is 563 g/mol. The molecule has 194 valence electrons. The number of para-hydroxylation sites is 2. The minimum absolute atomic E-state index is 0.205. The molecule has 12 heteroatoms. The molecular formula is C24H25BrF2NO7P. The zero-order valence-electron chi connectivity index (χ0n) is 19.2. The molecule has 36 heavy (non-hydrogen) atoms. The van der Waals surface area contributed by atoms with Gasteiger partial charge in [0.25, 0.3) is 0 Å². The van der Waals surface area contributed by atoms with Crippen LogP contribution < -0.4 is 9.64 Å². The lowest BCUT2D eigenvalue weighted by molar-refractivity contribution is -0.0987. The van der Waals surface area contributed by atoms with Crippen molar-refractivity contribution in [2.24, 2.45) is 0 Å². The summed E-state index contributed by atoms with van der Waals surface area (Å²) in [5.74, 6) is -0.287. The van der Waals surface area contributed by atoms with Crippen molar-refractivity contribution in [3.8, 4) is 11.5 Å². The Balaban J connectivity index is 0.00000154. The van der Waals surface area contributed by atoms with E-state index in [1.807, 2.05) is 60.9 Å². The van der Waals surface area contributed by atoms with Crippen molar-refractivity contribution in [1.29, 1.82) is 0 Å². The minimum atomic E-state index is -5.80. The van der Waals surface area contributed by atoms with Crippen LogP contribution in [-0.2, 0) is 32.9 Å². The highest BCUT2D eigenvalue weighted by molar-refractivity contribution is 9.10. The number of carbonyl (C=O) groups excluding carboxylic acids is 2. The van der Waals surface area contributed by atoms with Crippen molar-refractivity contribution >= 4 is 42.8 Å². The monoisotopic (exact) mass is 587 g/mol. The number of hydrogen-bond donors (Lipinski definition) is 3. The molecule has 0 saturated carbocycles. The molecule has 0 aliphatic carbocycles. The van der Waals surface area contributed by atoms with E-state index in [2.05, 4.69) is 15.9 Å². The van der Waals surface area contributed by atoms with Gasteiger partial charge in [0.15, 0.2) is 0 Å². The highest BCUT2D eigenvalue weighted by atomic mass is 79.9. The third kappa shape index (κ3) is 7.44. The summed E-state index contributed by atoms with van der Waals surface area (Å²) in [5, 5.41) is 10.1. The molecule has 0 heterocycles. The number of aromatic hydroxyl groups is 1. The SMILES string of the molecule is C=O.C=O.COc1ccccc1N(Cc1ccc(C(F)(F)P(=O)(O)O)c(O)c1)Cc1ccccc1Br. The number of rotatable bonds is 8. The second-order valence-corrected chi connectivity index (χ2v) is 9.56. The summed E-state index contributed by atoms with van der Waals surface area (Å²) in [6, 6.07) is 18.2. The molecule has 0 spiro atoms. The van der Waals surface area contributed by atoms with Crippen LogP contribution in [0.5, 0.6) is 11.5 Å². The lowest BCUT2D eigenvalue weighted by Gasteiger charge is -2.28. The molecule has 0 aliphatic heterocycles. The molecule has 3 aromatic rings. The fourth-order valence-electron chi connectivity index (χ4n) is 3.26. The molecule has 3 aromatic carbocycles. The molecule has 0 amide bonds. The highest BCUT2D eigenvalue weighted by Gasteiger charge is 2.52. The van der Waals surface area contributed by atoms with Crippen LogP contribution in [0, 0.1) is 0 Å². The van der Waals surface area contributed by atoms with E-state index in [1.54, 1.807) is 13.2 Å². The molecule has 3 rings (SSSR count). The van der Waals surface area contributed by atoms with Gasteiger partial charge in [-0.05, 0) is 41.5 Å². The van der Waals surface area contributed by atoms with E-state index in [1.165, 1.54) is 6.07 Å². The Morgan fingerprint density at radius 1 is 0.972 bits per heavy atom. The van der Waals surface area contributed by atoms with Crippen LogP contribution in [0.25, 0.3) is 0 Å². The fraction of sp³-hybridized carbons (Fsp3) is 0.167. The number of anilines is 1. The van der Waals surface area contributed by atoms with Crippen molar-refractivity contribution in [3.63, 3.8) is 0 Å². The van der Waals surface area contributed by atoms with E-state index in [9.17, 15) is 18.5 Å². The van der Waals surface area contributed by atoms with Crippen LogP contribution in [-0.4, -0.2) is 35.6 Å². The molecule has 0 aromatic heterocycles. The van der Waals surface area contributed by atoms with Gasteiger partial charge in [-0.2, -0.15) is 8.78 Å². The van der Waals surface area contributed by atoms with Crippen molar-refractivity contribution in [3.05, 3.63) is 87.9 Å². The highest BCUT2D eigenvalue weighted by Crippen LogP contribution is 2.60. The zero-order valence-corrected chi connectivity index (χ0v) is 21.7. The first-order valence-electron chi connectivity index (χ1n) is 9.99. The van der Waals surface area contributed by atoms with Crippen molar-refractivity contribution < 1.29 is 42.6 Å². The Morgan fingerprint density at radius 2 is 1.56 bits per heavy atom. The van der Waals surface area contributed by atoms with Gasteiger partial charge in [0.05, 0.1) is 18.4 Å². The first kappa shape index (κ1) is 30.9. The summed E-state index contributed by atoms with van der Waals surface area (Å²) < 4.78 is 45.6. The number of nitrogens with zero attached hydrogens (tertiary/aromatic N) is 1. The lowest BCUT2D eigenvalue weighted by Crippen LogP contribution is -2.23. The van der Waals surface area contributed by atoms with Crippen LogP contribution in [0.2, 0.25) is 0 Å². The van der Waals surface area contributed by atoms with Gasteiger partial charge in [-0.25, -0.2) is 0 Å². The summed E-state index contributed by atoms with van der Waals surface area (Å²) in [4.78, 5) is 35.9. The molecule has 3 N–H and O–H groups in total.